The maximum atomic E-state index is 4.82. The van der Waals surface area contributed by atoms with Crippen LogP contribution in [-0.2, 0) is 13.0 Å². The van der Waals surface area contributed by atoms with Gasteiger partial charge >= 0.3 is 0 Å². The van der Waals surface area contributed by atoms with Gasteiger partial charge in [0.1, 0.15) is 0 Å². The van der Waals surface area contributed by atoms with E-state index in [4.69, 9.17) is 4.98 Å². The number of hydrogen-bond acceptors (Lipinski definition) is 6. The first kappa shape index (κ1) is 19.5. The van der Waals surface area contributed by atoms with Gasteiger partial charge in [0, 0.05) is 38.2 Å². The average Bonchev–Trinajstić information content (AvgIpc) is 2.83. The van der Waals surface area contributed by atoms with Crippen LogP contribution in [0.1, 0.15) is 11.1 Å². The van der Waals surface area contributed by atoms with E-state index in [0.717, 1.165) is 24.5 Å². The minimum Gasteiger partial charge on any atom is -0.342 e. The zero-order chi connectivity index (χ0) is 20.6. The van der Waals surface area contributed by atoms with Crippen LogP contribution in [0.15, 0.2) is 91.4 Å². The lowest BCUT2D eigenvalue weighted by Gasteiger charge is -2.25. The van der Waals surface area contributed by atoms with Crippen LogP contribution in [0.4, 0.5) is 17.5 Å². The Hall–Kier alpha value is -3.80. The molecule has 0 fully saturated rings. The van der Waals surface area contributed by atoms with Gasteiger partial charge in [-0.2, -0.15) is 10.1 Å². The van der Waals surface area contributed by atoms with Crippen LogP contribution < -0.4 is 9.80 Å². The summed E-state index contributed by atoms with van der Waals surface area (Å²) in [7, 11) is 1.99. The van der Waals surface area contributed by atoms with Crippen molar-refractivity contribution in [2.24, 2.45) is 0 Å². The molecule has 150 valence electrons. The molecular weight excluding hydrogens is 372 g/mol. The first-order valence-electron chi connectivity index (χ1n) is 9.96. The highest BCUT2D eigenvalue weighted by atomic mass is 15.3. The molecule has 2 aromatic carbocycles. The van der Waals surface area contributed by atoms with Crippen LogP contribution in [0, 0.1) is 0 Å². The molecule has 0 spiro atoms. The topological polar surface area (TPSA) is 58.0 Å². The number of anilines is 3. The number of hydrogen-bond donors (Lipinski definition) is 0. The van der Waals surface area contributed by atoms with E-state index in [9.17, 15) is 0 Å². The van der Waals surface area contributed by atoms with Crippen LogP contribution in [-0.4, -0.2) is 33.8 Å². The van der Waals surface area contributed by atoms with Gasteiger partial charge in [-0.15, -0.1) is 5.10 Å². The Kier molecular flexibility index (Phi) is 6.25. The molecule has 0 saturated heterocycles. The monoisotopic (exact) mass is 396 g/mol. The van der Waals surface area contributed by atoms with Crippen LogP contribution in [0.5, 0.6) is 0 Å². The molecule has 0 saturated carbocycles. The minimum atomic E-state index is 0.607. The van der Waals surface area contributed by atoms with Crippen molar-refractivity contribution in [1.29, 1.82) is 0 Å². The van der Waals surface area contributed by atoms with Crippen molar-refractivity contribution in [3.05, 3.63) is 103 Å². The van der Waals surface area contributed by atoms with E-state index in [1.165, 1.54) is 11.1 Å². The summed E-state index contributed by atoms with van der Waals surface area (Å²) in [6.07, 6.45) is 6.24. The van der Waals surface area contributed by atoms with Crippen LogP contribution in [0.3, 0.4) is 0 Å². The van der Waals surface area contributed by atoms with Gasteiger partial charge in [0.2, 0.25) is 5.95 Å². The van der Waals surface area contributed by atoms with E-state index in [1.807, 2.05) is 60.7 Å². The van der Waals surface area contributed by atoms with Gasteiger partial charge in [0.05, 0.1) is 6.20 Å². The first-order valence-corrected chi connectivity index (χ1v) is 9.96. The fraction of sp³-hybridized carbons (Fsp3) is 0.167. The zero-order valence-electron chi connectivity index (χ0n) is 17.0. The fourth-order valence-electron chi connectivity index (χ4n) is 3.20. The maximum Gasteiger partial charge on any atom is 0.247 e. The molecule has 2 heterocycles. The molecule has 0 aliphatic carbocycles. The normalized spacial score (nSPS) is 10.6. The maximum absolute atomic E-state index is 4.82. The summed E-state index contributed by atoms with van der Waals surface area (Å²) in [5.74, 6) is 1.38. The molecule has 0 N–H and O–H groups in total. The lowest BCUT2D eigenvalue weighted by molar-refractivity contribution is 0.801. The molecule has 6 heteroatoms. The summed E-state index contributed by atoms with van der Waals surface area (Å²) < 4.78 is 0. The molecular formula is C24H24N6. The Labute approximate surface area is 176 Å². The lowest BCUT2D eigenvalue weighted by Crippen LogP contribution is -2.25. The number of pyridine rings is 1. The fourth-order valence-corrected chi connectivity index (χ4v) is 3.20. The first-order chi connectivity index (χ1) is 14.8. The van der Waals surface area contributed by atoms with Crippen molar-refractivity contribution >= 4 is 17.5 Å². The highest BCUT2D eigenvalue weighted by Crippen LogP contribution is 2.26. The third kappa shape index (κ3) is 4.97. The molecule has 4 aromatic rings. The Morgan fingerprint density at radius 1 is 0.800 bits per heavy atom. The Morgan fingerprint density at radius 2 is 1.50 bits per heavy atom. The summed E-state index contributed by atoms with van der Waals surface area (Å²) in [5.41, 5.74) is 3.50. The molecule has 4 rings (SSSR count). The van der Waals surface area contributed by atoms with Crippen molar-refractivity contribution in [2.45, 2.75) is 13.0 Å². The van der Waals surface area contributed by atoms with E-state index in [1.54, 1.807) is 6.20 Å². The summed E-state index contributed by atoms with van der Waals surface area (Å²) >= 11 is 0. The van der Waals surface area contributed by atoms with E-state index in [-0.39, 0.29) is 0 Å². The molecule has 0 radical (unpaired) electrons. The Balaban J connectivity index is 1.57. The van der Waals surface area contributed by atoms with E-state index >= 15 is 0 Å². The second kappa shape index (κ2) is 9.60. The van der Waals surface area contributed by atoms with Gasteiger partial charge in [-0.3, -0.25) is 4.98 Å². The molecule has 0 amide bonds. The Morgan fingerprint density at radius 3 is 2.23 bits per heavy atom. The summed E-state index contributed by atoms with van der Waals surface area (Å²) in [6.45, 7) is 1.49. The third-order valence-electron chi connectivity index (χ3n) is 4.89. The second-order valence-corrected chi connectivity index (χ2v) is 7.05. The van der Waals surface area contributed by atoms with Crippen LogP contribution >= 0.6 is 0 Å². The highest BCUT2D eigenvalue weighted by Gasteiger charge is 2.15. The standard InChI is InChI=1S/C24H24N6/c1-29(17-14-20-12-15-25-16-13-20)24-27-23(18-26-28-24)30(22-10-6-3-7-11-22)19-21-8-4-2-5-9-21/h2-13,15-16,18H,14,17,19H2,1H3. The number of likely N-dealkylation sites (N-methyl/N-ethyl adjacent to an activating group) is 1. The van der Waals surface area contributed by atoms with Gasteiger partial charge in [0.15, 0.2) is 5.82 Å². The van der Waals surface area contributed by atoms with Crippen LogP contribution in [0.2, 0.25) is 0 Å². The van der Waals surface area contributed by atoms with E-state index in [0.29, 0.717) is 12.5 Å². The summed E-state index contributed by atoms with van der Waals surface area (Å²) in [5, 5.41) is 8.50. The molecule has 0 bridgehead atoms. The van der Waals surface area contributed by atoms with E-state index in [2.05, 4.69) is 56.5 Å². The molecule has 0 aliphatic rings. The third-order valence-corrected chi connectivity index (χ3v) is 4.89. The molecule has 30 heavy (non-hydrogen) atoms. The molecule has 6 nitrogen and oxygen atoms in total. The van der Waals surface area contributed by atoms with Crippen molar-refractivity contribution in [3.63, 3.8) is 0 Å². The predicted octanol–water partition coefficient (Wildman–Crippen LogP) is 4.28. The quantitative estimate of drug-likeness (QED) is 0.443. The zero-order valence-corrected chi connectivity index (χ0v) is 17.0. The molecule has 0 atom stereocenters. The summed E-state index contributed by atoms with van der Waals surface area (Å²) in [6, 6.07) is 24.7. The van der Waals surface area contributed by atoms with Gasteiger partial charge in [0.25, 0.3) is 0 Å². The number of aromatic nitrogens is 4. The average molecular weight is 396 g/mol. The summed E-state index contributed by atoms with van der Waals surface area (Å²) in [4.78, 5) is 13.1. The Bertz CT molecular complexity index is 1040. The highest BCUT2D eigenvalue weighted by molar-refractivity contribution is 5.60. The SMILES string of the molecule is CN(CCc1ccncc1)c1nncc(N(Cc2ccccc2)c2ccccc2)n1. The lowest BCUT2D eigenvalue weighted by atomic mass is 10.2. The van der Waals surface area contributed by atoms with Crippen LogP contribution in [0.25, 0.3) is 0 Å². The van der Waals surface area contributed by atoms with Crippen molar-refractivity contribution in [3.8, 4) is 0 Å². The molecule has 0 unspecified atom stereocenters. The van der Waals surface area contributed by atoms with Crippen molar-refractivity contribution in [2.75, 3.05) is 23.4 Å². The second-order valence-electron chi connectivity index (χ2n) is 7.05. The molecule has 2 aromatic heterocycles. The molecule has 0 aliphatic heterocycles. The largest absolute Gasteiger partial charge is 0.342 e. The predicted molar refractivity (Wildman–Crippen MR) is 120 cm³/mol. The number of rotatable bonds is 8. The minimum absolute atomic E-state index is 0.607. The van der Waals surface area contributed by atoms with Gasteiger partial charge in [-0.1, -0.05) is 48.5 Å². The smallest absolute Gasteiger partial charge is 0.247 e. The van der Waals surface area contributed by atoms with Gasteiger partial charge in [-0.25, -0.2) is 0 Å². The van der Waals surface area contributed by atoms with E-state index < -0.39 is 0 Å². The van der Waals surface area contributed by atoms with Crippen molar-refractivity contribution in [1.82, 2.24) is 20.2 Å². The number of para-hydroxylation sites is 1. The van der Waals surface area contributed by atoms with Gasteiger partial charge in [-0.05, 0) is 41.8 Å². The van der Waals surface area contributed by atoms with Crippen molar-refractivity contribution < 1.29 is 0 Å². The number of benzene rings is 2. The van der Waals surface area contributed by atoms with Gasteiger partial charge < -0.3 is 9.80 Å². The number of nitrogens with zero attached hydrogens (tertiary/aromatic N) is 6.